The van der Waals surface area contributed by atoms with Crippen LogP contribution in [0.15, 0.2) is 47.4 Å². The van der Waals surface area contributed by atoms with Crippen molar-refractivity contribution in [3.05, 3.63) is 47.5 Å². The van der Waals surface area contributed by atoms with E-state index in [0.29, 0.717) is 41.7 Å². The van der Waals surface area contributed by atoms with E-state index in [1.165, 1.54) is 30.7 Å². The van der Waals surface area contributed by atoms with E-state index in [1.807, 2.05) is 0 Å². The molecule has 0 saturated carbocycles. The minimum Gasteiger partial charge on any atom is -0.493 e. The summed E-state index contributed by atoms with van der Waals surface area (Å²) in [5, 5.41) is 3.32. The Morgan fingerprint density at radius 2 is 1.77 bits per heavy atom. The summed E-state index contributed by atoms with van der Waals surface area (Å²) in [5.41, 5.74) is 0.589. The Kier molecular flexibility index (Phi) is 7.06. The Morgan fingerprint density at radius 3 is 2.47 bits per heavy atom. The number of hydrogen-bond acceptors (Lipinski definition) is 5. The molecule has 0 aliphatic carbocycles. The number of halogens is 1. The number of nitrogens with zero attached hydrogens (tertiary/aromatic N) is 2. The molecular weight excluding hydrogens is 430 g/mol. The van der Waals surface area contributed by atoms with Crippen LogP contribution in [0, 0.1) is 0 Å². The third kappa shape index (κ3) is 4.97. The molecule has 0 atom stereocenters. The molecule has 2 amide bonds. The summed E-state index contributed by atoms with van der Waals surface area (Å²) in [6, 6.07) is 11.1. The first kappa shape index (κ1) is 22.2. The van der Waals surface area contributed by atoms with Gasteiger partial charge in [-0.2, -0.15) is 4.31 Å². The van der Waals surface area contributed by atoms with Crippen molar-refractivity contribution in [2.24, 2.45) is 0 Å². The minimum absolute atomic E-state index is 0.122. The van der Waals surface area contributed by atoms with Gasteiger partial charge in [0.05, 0.1) is 19.1 Å². The first-order chi connectivity index (χ1) is 14.3. The molecule has 0 bridgehead atoms. The predicted octanol–water partition coefficient (Wildman–Crippen LogP) is 3.29. The van der Waals surface area contributed by atoms with Gasteiger partial charge in [-0.05, 0) is 36.8 Å². The quantitative estimate of drug-likeness (QED) is 0.750. The van der Waals surface area contributed by atoms with Gasteiger partial charge in [0.25, 0.3) is 0 Å². The van der Waals surface area contributed by atoms with Crippen molar-refractivity contribution in [3.63, 3.8) is 0 Å². The molecule has 1 aliphatic rings. The van der Waals surface area contributed by atoms with Gasteiger partial charge in [0.1, 0.15) is 0 Å². The second-order valence-electron chi connectivity index (χ2n) is 6.70. The Balaban J connectivity index is 1.70. The van der Waals surface area contributed by atoms with E-state index >= 15 is 0 Å². The maximum absolute atomic E-state index is 13.1. The lowest BCUT2D eigenvalue weighted by Crippen LogP contribution is -2.39. The summed E-state index contributed by atoms with van der Waals surface area (Å²) in [6.45, 7) is 1.24. The Labute approximate surface area is 181 Å². The van der Waals surface area contributed by atoms with Crippen LogP contribution < -0.4 is 14.8 Å². The molecule has 2 aromatic carbocycles. The molecule has 1 fully saturated rings. The van der Waals surface area contributed by atoms with Crippen molar-refractivity contribution >= 4 is 33.3 Å². The van der Waals surface area contributed by atoms with Crippen molar-refractivity contribution in [2.45, 2.75) is 11.3 Å². The fraction of sp³-hybridized carbons (Fsp3) is 0.350. The molecule has 0 unspecified atom stereocenters. The number of nitrogens with one attached hydrogen (secondary N) is 1. The standard InChI is InChI=1S/C20H24ClN3O5S/c1-28-18-8-7-17(14-19(18)29-2)30(26,27)24-10-4-9-23(11-12-24)20(25)22-16-6-3-5-15(21)13-16/h3,5-8,13-14H,4,9-12H2,1-2H3,(H,22,25). The summed E-state index contributed by atoms with van der Waals surface area (Å²) in [4.78, 5) is 14.3. The van der Waals surface area contributed by atoms with Crippen LogP contribution in [0.5, 0.6) is 11.5 Å². The second kappa shape index (κ2) is 9.55. The largest absolute Gasteiger partial charge is 0.493 e. The van der Waals surface area contributed by atoms with Crippen LogP contribution in [0.2, 0.25) is 5.02 Å². The van der Waals surface area contributed by atoms with Gasteiger partial charge < -0.3 is 19.7 Å². The van der Waals surface area contributed by atoms with Gasteiger partial charge in [-0.15, -0.1) is 0 Å². The van der Waals surface area contributed by atoms with Crippen LogP contribution in [0.25, 0.3) is 0 Å². The summed E-state index contributed by atoms with van der Waals surface area (Å²) < 4.78 is 38.0. The van der Waals surface area contributed by atoms with E-state index in [1.54, 1.807) is 35.2 Å². The summed E-state index contributed by atoms with van der Waals surface area (Å²) in [5.74, 6) is 0.798. The summed E-state index contributed by atoms with van der Waals surface area (Å²) >= 11 is 5.95. The normalized spacial score (nSPS) is 15.4. The van der Waals surface area contributed by atoms with Gasteiger partial charge in [-0.25, -0.2) is 13.2 Å². The van der Waals surface area contributed by atoms with Crippen LogP contribution >= 0.6 is 11.6 Å². The van der Waals surface area contributed by atoms with Gasteiger partial charge in [0, 0.05) is 43.0 Å². The molecule has 162 valence electrons. The molecule has 1 heterocycles. The van der Waals surface area contributed by atoms with E-state index < -0.39 is 10.0 Å². The number of amides is 2. The number of urea groups is 1. The van der Waals surface area contributed by atoms with E-state index in [-0.39, 0.29) is 24.0 Å². The molecule has 10 heteroatoms. The first-order valence-electron chi connectivity index (χ1n) is 9.39. The monoisotopic (exact) mass is 453 g/mol. The van der Waals surface area contributed by atoms with Crippen molar-refractivity contribution in [1.29, 1.82) is 0 Å². The third-order valence-electron chi connectivity index (χ3n) is 4.81. The van der Waals surface area contributed by atoms with Gasteiger partial charge in [-0.1, -0.05) is 17.7 Å². The van der Waals surface area contributed by atoms with Crippen molar-refractivity contribution in [2.75, 3.05) is 45.7 Å². The van der Waals surface area contributed by atoms with Crippen LogP contribution in [0.4, 0.5) is 10.5 Å². The van der Waals surface area contributed by atoms with Crippen LogP contribution in [0.3, 0.4) is 0 Å². The first-order valence-corrected chi connectivity index (χ1v) is 11.2. The lowest BCUT2D eigenvalue weighted by molar-refractivity contribution is 0.214. The van der Waals surface area contributed by atoms with E-state index in [2.05, 4.69) is 5.32 Å². The summed E-state index contributed by atoms with van der Waals surface area (Å²) in [6.07, 6.45) is 0.523. The van der Waals surface area contributed by atoms with Crippen molar-refractivity contribution in [1.82, 2.24) is 9.21 Å². The van der Waals surface area contributed by atoms with E-state index in [0.717, 1.165) is 0 Å². The van der Waals surface area contributed by atoms with Gasteiger partial charge >= 0.3 is 6.03 Å². The highest BCUT2D eigenvalue weighted by Crippen LogP contribution is 2.31. The Hall–Kier alpha value is -2.49. The smallest absolute Gasteiger partial charge is 0.321 e. The molecule has 3 rings (SSSR count). The maximum Gasteiger partial charge on any atom is 0.321 e. The lowest BCUT2D eigenvalue weighted by Gasteiger charge is -2.22. The molecule has 0 radical (unpaired) electrons. The van der Waals surface area contributed by atoms with Crippen LogP contribution in [-0.4, -0.2) is 64.1 Å². The van der Waals surface area contributed by atoms with Gasteiger partial charge in [0.15, 0.2) is 11.5 Å². The minimum atomic E-state index is -3.73. The molecule has 2 aromatic rings. The average molecular weight is 454 g/mol. The molecule has 30 heavy (non-hydrogen) atoms. The van der Waals surface area contributed by atoms with Crippen LogP contribution in [0.1, 0.15) is 6.42 Å². The fourth-order valence-corrected chi connectivity index (χ4v) is 4.91. The number of ether oxygens (including phenoxy) is 2. The molecule has 1 aliphatic heterocycles. The number of anilines is 1. The maximum atomic E-state index is 13.1. The Bertz CT molecular complexity index is 1020. The number of carbonyl (C=O) groups is 1. The Morgan fingerprint density at radius 1 is 1.00 bits per heavy atom. The molecule has 1 saturated heterocycles. The van der Waals surface area contributed by atoms with Gasteiger partial charge in [0.2, 0.25) is 10.0 Å². The number of methoxy groups -OCH3 is 2. The molecular formula is C20H24ClN3O5S. The number of rotatable bonds is 5. The van der Waals surface area contributed by atoms with Crippen molar-refractivity contribution in [3.8, 4) is 11.5 Å². The number of hydrogen-bond donors (Lipinski definition) is 1. The van der Waals surface area contributed by atoms with Crippen LogP contribution in [-0.2, 0) is 10.0 Å². The third-order valence-corrected chi connectivity index (χ3v) is 6.94. The highest BCUT2D eigenvalue weighted by molar-refractivity contribution is 7.89. The SMILES string of the molecule is COc1ccc(S(=O)(=O)N2CCCN(C(=O)Nc3cccc(Cl)c3)CC2)cc1OC. The number of carbonyl (C=O) groups excluding carboxylic acids is 1. The predicted molar refractivity (Wildman–Crippen MR) is 115 cm³/mol. The number of benzene rings is 2. The van der Waals surface area contributed by atoms with E-state index in [9.17, 15) is 13.2 Å². The zero-order valence-electron chi connectivity index (χ0n) is 16.8. The fourth-order valence-electron chi connectivity index (χ4n) is 3.23. The van der Waals surface area contributed by atoms with Crippen molar-refractivity contribution < 1.29 is 22.7 Å². The highest BCUT2D eigenvalue weighted by atomic mass is 35.5. The topological polar surface area (TPSA) is 88.2 Å². The number of sulfonamides is 1. The second-order valence-corrected chi connectivity index (χ2v) is 9.08. The molecule has 0 spiro atoms. The summed E-state index contributed by atoms with van der Waals surface area (Å²) in [7, 11) is -0.790. The molecule has 0 aromatic heterocycles. The lowest BCUT2D eigenvalue weighted by atomic mass is 10.3. The van der Waals surface area contributed by atoms with E-state index in [4.69, 9.17) is 21.1 Å². The highest BCUT2D eigenvalue weighted by Gasteiger charge is 2.29. The molecule has 1 N–H and O–H groups in total. The zero-order chi connectivity index (χ0) is 21.7. The zero-order valence-corrected chi connectivity index (χ0v) is 18.4. The molecule has 8 nitrogen and oxygen atoms in total. The average Bonchev–Trinajstić information content (AvgIpc) is 3.00. The van der Waals surface area contributed by atoms with Gasteiger partial charge in [-0.3, -0.25) is 0 Å².